The molecule has 0 fully saturated rings. The number of para-hydroxylation sites is 3. The zero-order valence-electron chi connectivity index (χ0n) is 16.7. The summed E-state index contributed by atoms with van der Waals surface area (Å²) in [5.41, 5.74) is 1.65. The van der Waals surface area contributed by atoms with E-state index in [1.807, 2.05) is 12.1 Å². The maximum Gasteiger partial charge on any atom is 0.264 e. The molecule has 0 heterocycles. The van der Waals surface area contributed by atoms with Crippen molar-refractivity contribution in [3.05, 3.63) is 78.9 Å². The predicted molar refractivity (Wildman–Crippen MR) is 119 cm³/mol. The van der Waals surface area contributed by atoms with Gasteiger partial charge in [-0.15, -0.1) is 0 Å². The Morgan fingerprint density at radius 3 is 2.40 bits per heavy atom. The zero-order chi connectivity index (χ0) is 21.6. The van der Waals surface area contributed by atoms with Crippen molar-refractivity contribution in [2.75, 3.05) is 35.6 Å². The maximum absolute atomic E-state index is 12.9. The summed E-state index contributed by atoms with van der Waals surface area (Å²) < 4.78 is 32.3. The molecule has 3 aromatic rings. The number of nitrogens with one attached hydrogen (secondary N) is 2. The second kappa shape index (κ2) is 9.32. The van der Waals surface area contributed by atoms with Crippen LogP contribution in [0.25, 0.3) is 0 Å². The average Bonchev–Trinajstić information content (AvgIpc) is 2.78. The molecule has 7 nitrogen and oxygen atoms in total. The number of amides is 1. The van der Waals surface area contributed by atoms with Crippen molar-refractivity contribution >= 4 is 33.0 Å². The van der Waals surface area contributed by atoms with E-state index in [1.54, 1.807) is 54.6 Å². The third-order valence-electron chi connectivity index (χ3n) is 4.45. The zero-order valence-corrected chi connectivity index (χ0v) is 17.5. The lowest BCUT2D eigenvalue weighted by Gasteiger charge is -2.20. The van der Waals surface area contributed by atoms with Crippen LogP contribution in [0.3, 0.4) is 0 Å². The van der Waals surface area contributed by atoms with Gasteiger partial charge in [0.05, 0.1) is 29.9 Å². The molecule has 0 aromatic heterocycles. The molecule has 0 atom stereocenters. The molecule has 156 valence electrons. The number of rotatable bonds is 8. The highest BCUT2D eigenvalue weighted by Gasteiger charge is 2.21. The number of hydrogen-bond donors (Lipinski definition) is 2. The summed E-state index contributed by atoms with van der Waals surface area (Å²) in [6.45, 7) is -0.0317. The van der Waals surface area contributed by atoms with Crippen LogP contribution in [0.2, 0.25) is 0 Å². The van der Waals surface area contributed by atoms with E-state index in [-0.39, 0.29) is 17.3 Å². The van der Waals surface area contributed by atoms with Crippen molar-refractivity contribution in [3.8, 4) is 5.75 Å². The van der Waals surface area contributed by atoms with E-state index in [9.17, 15) is 13.2 Å². The highest BCUT2D eigenvalue weighted by atomic mass is 32.2. The van der Waals surface area contributed by atoms with Crippen molar-refractivity contribution in [2.24, 2.45) is 0 Å². The number of carbonyl (C=O) groups is 1. The van der Waals surface area contributed by atoms with Crippen molar-refractivity contribution < 1.29 is 17.9 Å². The lowest BCUT2D eigenvalue weighted by Crippen LogP contribution is -2.26. The SMILES string of the molecule is COc1ccccc1NC(=O)CNc1cccc(S(=O)(=O)N(C)c2ccccc2)c1. The Hall–Kier alpha value is -3.52. The van der Waals surface area contributed by atoms with Crippen molar-refractivity contribution in [1.29, 1.82) is 0 Å². The first-order chi connectivity index (χ1) is 14.4. The molecule has 0 spiro atoms. The van der Waals surface area contributed by atoms with Gasteiger partial charge in [0.15, 0.2) is 0 Å². The summed E-state index contributed by atoms with van der Waals surface area (Å²) in [6, 6.07) is 22.3. The van der Waals surface area contributed by atoms with Gasteiger partial charge in [-0.2, -0.15) is 0 Å². The summed E-state index contributed by atoms with van der Waals surface area (Å²) in [6.07, 6.45) is 0. The quantitative estimate of drug-likeness (QED) is 0.576. The van der Waals surface area contributed by atoms with Gasteiger partial charge in [-0.1, -0.05) is 36.4 Å². The summed E-state index contributed by atoms with van der Waals surface area (Å²) in [7, 11) is -0.700. The standard InChI is InChI=1S/C22H23N3O4S/c1-25(18-10-4-3-5-11-18)30(27,28)19-12-8-9-17(15-19)23-16-22(26)24-20-13-6-7-14-21(20)29-2/h3-15,23H,16H2,1-2H3,(H,24,26). The number of nitrogens with zero attached hydrogens (tertiary/aromatic N) is 1. The van der Waals surface area contributed by atoms with Crippen LogP contribution in [0, 0.1) is 0 Å². The van der Waals surface area contributed by atoms with E-state index in [2.05, 4.69) is 10.6 Å². The molecule has 0 radical (unpaired) electrons. The van der Waals surface area contributed by atoms with Gasteiger partial charge in [0.2, 0.25) is 5.91 Å². The highest BCUT2D eigenvalue weighted by molar-refractivity contribution is 7.92. The fourth-order valence-corrected chi connectivity index (χ4v) is 4.07. The fraction of sp³-hybridized carbons (Fsp3) is 0.136. The molecule has 3 aromatic carbocycles. The number of anilines is 3. The largest absolute Gasteiger partial charge is 0.495 e. The Morgan fingerprint density at radius 2 is 1.67 bits per heavy atom. The summed E-state index contributed by atoms with van der Waals surface area (Å²) in [5, 5.41) is 5.72. The van der Waals surface area contributed by atoms with Crippen LogP contribution in [0.4, 0.5) is 17.1 Å². The molecular formula is C22H23N3O4S. The van der Waals surface area contributed by atoms with E-state index in [1.165, 1.54) is 30.6 Å². The number of benzene rings is 3. The van der Waals surface area contributed by atoms with Crippen molar-refractivity contribution in [3.63, 3.8) is 0 Å². The van der Waals surface area contributed by atoms with Gasteiger partial charge in [-0.25, -0.2) is 8.42 Å². The lowest BCUT2D eigenvalue weighted by atomic mass is 10.3. The average molecular weight is 426 g/mol. The minimum absolute atomic E-state index is 0.0317. The Bertz CT molecular complexity index is 1120. The van der Waals surface area contributed by atoms with Gasteiger partial charge in [0.25, 0.3) is 10.0 Å². The van der Waals surface area contributed by atoms with Crippen LogP contribution in [-0.2, 0) is 14.8 Å². The number of carbonyl (C=O) groups excluding carboxylic acids is 1. The number of hydrogen-bond acceptors (Lipinski definition) is 5. The van der Waals surface area contributed by atoms with Crippen LogP contribution in [0.1, 0.15) is 0 Å². The van der Waals surface area contributed by atoms with Crippen molar-refractivity contribution in [2.45, 2.75) is 4.90 Å². The first kappa shape index (κ1) is 21.2. The Labute approximate surface area is 176 Å². The molecule has 0 saturated heterocycles. The predicted octanol–water partition coefficient (Wildman–Crippen LogP) is 3.57. The fourth-order valence-electron chi connectivity index (χ4n) is 2.83. The molecule has 8 heteroatoms. The van der Waals surface area contributed by atoms with E-state index >= 15 is 0 Å². The highest BCUT2D eigenvalue weighted by Crippen LogP contribution is 2.24. The first-order valence-corrected chi connectivity index (χ1v) is 10.7. The van der Waals surface area contributed by atoms with Gasteiger partial charge >= 0.3 is 0 Å². The topological polar surface area (TPSA) is 87.7 Å². The molecular weight excluding hydrogens is 402 g/mol. The van der Waals surface area contributed by atoms with Gasteiger partial charge in [0.1, 0.15) is 5.75 Å². The second-order valence-corrected chi connectivity index (χ2v) is 8.41. The Kier molecular flexibility index (Phi) is 6.58. The molecule has 0 unspecified atom stereocenters. The molecule has 2 N–H and O–H groups in total. The van der Waals surface area contributed by atoms with Crippen LogP contribution in [0.15, 0.2) is 83.8 Å². The maximum atomic E-state index is 12.9. The van der Waals surface area contributed by atoms with E-state index in [0.29, 0.717) is 22.8 Å². The van der Waals surface area contributed by atoms with Crippen LogP contribution in [0.5, 0.6) is 5.75 Å². The summed E-state index contributed by atoms with van der Waals surface area (Å²) >= 11 is 0. The Balaban J connectivity index is 1.69. The summed E-state index contributed by atoms with van der Waals surface area (Å²) in [4.78, 5) is 12.4. The molecule has 30 heavy (non-hydrogen) atoms. The van der Waals surface area contributed by atoms with Gasteiger partial charge in [-0.05, 0) is 42.5 Å². The number of methoxy groups -OCH3 is 1. The van der Waals surface area contributed by atoms with E-state index in [4.69, 9.17) is 4.74 Å². The van der Waals surface area contributed by atoms with Gasteiger partial charge in [0, 0.05) is 12.7 Å². The Morgan fingerprint density at radius 1 is 0.967 bits per heavy atom. The number of ether oxygens (including phenoxy) is 1. The third kappa shape index (κ3) is 4.90. The minimum Gasteiger partial charge on any atom is -0.495 e. The van der Waals surface area contributed by atoms with Crippen LogP contribution < -0.4 is 19.7 Å². The molecule has 0 saturated carbocycles. The van der Waals surface area contributed by atoms with Crippen LogP contribution in [-0.4, -0.2) is 35.0 Å². The van der Waals surface area contributed by atoms with Crippen molar-refractivity contribution in [1.82, 2.24) is 0 Å². The monoisotopic (exact) mass is 425 g/mol. The van der Waals surface area contributed by atoms with Gasteiger partial charge < -0.3 is 15.4 Å². The van der Waals surface area contributed by atoms with E-state index in [0.717, 1.165) is 0 Å². The normalized spacial score (nSPS) is 10.9. The molecule has 0 aliphatic carbocycles. The van der Waals surface area contributed by atoms with Crippen LogP contribution >= 0.6 is 0 Å². The second-order valence-electron chi connectivity index (χ2n) is 6.44. The third-order valence-corrected chi connectivity index (χ3v) is 6.23. The smallest absolute Gasteiger partial charge is 0.264 e. The molecule has 0 bridgehead atoms. The molecule has 0 aliphatic rings. The first-order valence-electron chi connectivity index (χ1n) is 9.22. The molecule has 0 aliphatic heterocycles. The van der Waals surface area contributed by atoms with E-state index < -0.39 is 10.0 Å². The molecule has 3 rings (SSSR count). The molecule has 1 amide bonds. The number of sulfonamides is 1. The minimum atomic E-state index is -3.73. The summed E-state index contributed by atoms with van der Waals surface area (Å²) in [5.74, 6) is 0.275. The van der Waals surface area contributed by atoms with Gasteiger partial charge in [-0.3, -0.25) is 9.10 Å². The lowest BCUT2D eigenvalue weighted by molar-refractivity contribution is -0.114.